The van der Waals surface area contributed by atoms with Gasteiger partial charge in [0.15, 0.2) is 0 Å². The smallest absolute Gasteiger partial charge is 0.252 e. The largest absolute Gasteiger partial charge is 0.460 e. The Hall–Kier alpha value is -3.09. The summed E-state index contributed by atoms with van der Waals surface area (Å²) in [5.74, 6) is 1.01. The third-order valence-electron chi connectivity index (χ3n) is 5.40. The number of benzene rings is 2. The zero-order valence-electron chi connectivity index (χ0n) is 20.1. The molecule has 34 heavy (non-hydrogen) atoms. The van der Waals surface area contributed by atoms with Crippen LogP contribution in [0, 0.1) is 6.92 Å². The molecule has 0 aliphatic rings. The molecule has 0 bridgehead atoms. The molecule has 3 N–H and O–H groups in total. The molecule has 6 nitrogen and oxygen atoms in total. The molecule has 0 aliphatic heterocycles. The Labute approximate surface area is 206 Å². The molecule has 7 heteroatoms. The monoisotopic (exact) mass is 481 g/mol. The van der Waals surface area contributed by atoms with Gasteiger partial charge in [0.05, 0.1) is 17.1 Å². The number of aryl methyl sites for hydroxylation is 1. The normalized spacial score (nSPS) is 11.9. The predicted octanol–water partition coefficient (Wildman–Crippen LogP) is 5.40. The van der Waals surface area contributed by atoms with Gasteiger partial charge in [0.1, 0.15) is 11.5 Å². The van der Waals surface area contributed by atoms with Crippen LogP contribution in [0.25, 0.3) is 11.3 Å². The second-order valence-electron chi connectivity index (χ2n) is 8.70. The molecule has 0 radical (unpaired) electrons. The van der Waals surface area contributed by atoms with E-state index in [4.69, 9.17) is 16.0 Å². The summed E-state index contributed by atoms with van der Waals surface area (Å²) < 4.78 is 6.01. The maximum Gasteiger partial charge on any atom is 0.252 e. The minimum absolute atomic E-state index is 0.0635. The SMILES string of the molecule is Cc1ccc(C(C)NCc2ccc(-c3ccc(Cl)c(C(=O)NCCC(=O)NC(C)C)c3)o2)cc1. The summed E-state index contributed by atoms with van der Waals surface area (Å²) in [6.45, 7) is 8.78. The van der Waals surface area contributed by atoms with Gasteiger partial charge < -0.3 is 20.4 Å². The van der Waals surface area contributed by atoms with Crippen molar-refractivity contribution in [2.24, 2.45) is 0 Å². The first-order valence-corrected chi connectivity index (χ1v) is 11.9. The van der Waals surface area contributed by atoms with Crippen LogP contribution in [0.5, 0.6) is 0 Å². The van der Waals surface area contributed by atoms with Crippen molar-refractivity contribution >= 4 is 23.4 Å². The minimum atomic E-state index is -0.329. The summed E-state index contributed by atoms with van der Waals surface area (Å²) in [4.78, 5) is 24.4. The Morgan fingerprint density at radius 1 is 1.00 bits per heavy atom. The second kappa shape index (κ2) is 11.9. The van der Waals surface area contributed by atoms with Gasteiger partial charge in [0.2, 0.25) is 5.91 Å². The molecule has 0 fully saturated rings. The Bertz CT molecular complexity index is 1120. The predicted molar refractivity (Wildman–Crippen MR) is 136 cm³/mol. The second-order valence-corrected chi connectivity index (χ2v) is 9.11. The molecule has 0 spiro atoms. The lowest BCUT2D eigenvalue weighted by molar-refractivity contribution is -0.121. The standard InChI is InChI=1S/C27H32ClN3O3/c1-17(2)31-26(32)13-14-29-27(33)23-15-21(9-11-24(23)28)25-12-10-22(34-25)16-30-19(4)20-7-5-18(3)6-8-20/h5-12,15,17,19,30H,13-14,16H2,1-4H3,(H,29,33)(H,31,32). The molecule has 2 amide bonds. The molecule has 0 aliphatic carbocycles. The van der Waals surface area contributed by atoms with Crippen LogP contribution in [0.2, 0.25) is 5.02 Å². The lowest BCUT2D eigenvalue weighted by atomic mass is 10.1. The van der Waals surface area contributed by atoms with Crippen molar-refractivity contribution < 1.29 is 14.0 Å². The van der Waals surface area contributed by atoms with Crippen molar-refractivity contribution in [3.63, 3.8) is 0 Å². The topological polar surface area (TPSA) is 83.4 Å². The molecular weight excluding hydrogens is 450 g/mol. The van der Waals surface area contributed by atoms with Gasteiger partial charge in [-0.25, -0.2) is 0 Å². The summed E-state index contributed by atoms with van der Waals surface area (Å²) in [5.41, 5.74) is 3.55. The van der Waals surface area contributed by atoms with Gasteiger partial charge in [0, 0.05) is 30.6 Å². The van der Waals surface area contributed by atoms with Crippen molar-refractivity contribution in [1.29, 1.82) is 0 Å². The molecule has 3 rings (SSSR count). The molecule has 1 atom stereocenters. The number of hydrogen-bond acceptors (Lipinski definition) is 4. The number of carbonyl (C=O) groups is 2. The Kier molecular flexibility index (Phi) is 8.91. The van der Waals surface area contributed by atoms with Gasteiger partial charge >= 0.3 is 0 Å². The Balaban J connectivity index is 1.60. The first-order valence-electron chi connectivity index (χ1n) is 11.5. The molecule has 3 aromatic rings. The summed E-state index contributed by atoms with van der Waals surface area (Å²) >= 11 is 6.27. The van der Waals surface area contributed by atoms with E-state index >= 15 is 0 Å². The highest BCUT2D eigenvalue weighted by atomic mass is 35.5. The van der Waals surface area contributed by atoms with E-state index in [2.05, 4.69) is 54.1 Å². The van der Waals surface area contributed by atoms with Crippen LogP contribution in [0.4, 0.5) is 0 Å². The number of carbonyl (C=O) groups excluding carboxylic acids is 2. The quantitative estimate of drug-likeness (QED) is 0.362. The highest BCUT2D eigenvalue weighted by Crippen LogP contribution is 2.27. The number of rotatable bonds is 10. The molecule has 1 aromatic heterocycles. The summed E-state index contributed by atoms with van der Waals surface area (Å²) in [5, 5.41) is 9.36. The molecule has 180 valence electrons. The Morgan fingerprint density at radius 3 is 2.44 bits per heavy atom. The minimum Gasteiger partial charge on any atom is -0.460 e. The average Bonchev–Trinajstić information content (AvgIpc) is 3.26. The van der Waals surface area contributed by atoms with Gasteiger partial charge in [-0.2, -0.15) is 0 Å². The van der Waals surface area contributed by atoms with Gasteiger partial charge in [0.25, 0.3) is 5.91 Å². The van der Waals surface area contributed by atoms with Crippen molar-refractivity contribution in [3.8, 4) is 11.3 Å². The number of nitrogens with one attached hydrogen (secondary N) is 3. The Morgan fingerprint density at radius 2 is 1.74 bits per heavy atom. The van der Waals surface area contributed by atoms with Crippen LogP contribution < -0.4 is 16.0 Å². The van der Waals surface area contributed by atoms with Crippen molar-refractivity contribution in [2.75, 3.05) is 6.54 Å². The van der Waals surface area contributed by atoms with E-state index in [1.54, 1.807) is 12.1 Å². The van der Waals surface area contributed by atoms with Crippen molar-refractivity contribution in [2.45, 2.75) is 52.7 Å². The summed E-state index contributed by atoms with van der Waals surface area (Å²) in [6, 6.07) is 17.7. The summed E-state index contributed by atoms with van der Waals surface area (Å²) in [7, 11) is 0. The molecule has 1 heterocycles. The number of halogens is 1. The van der Waals surface area contributed by atoms with Crippen LogP contribution in [0.1, 0.15) is 60.5 Å². The van der Waals surface area contributed by atoms with E-state index in [0.717, 1.165) is 11.3 Å². The molecule has 2 aromatic carbocycles. The number of hydrogen-bond donors (Lipinski definition) is 3. The highest BCUT2D eigenvalue weighted by Gasteiger charge is 2.15. The van der Waals surface area contributed by atoms with E-state index < -0.39 is 0 Å². The third kappa shape index (κ3) is 7.20. The third-order valence-corrected chi connectivity index (χ3v) is 5.73. The zero-order chi connectivity index (χ0) is 24.7. The van der Waals surface area contributed by atoms with Crippen LogP contribution in [-0.4, -0.2) is 24.4 Å². The number of furan rings is 1. The van der Waals surface area contributed by atoms with Crippen LogP contribution in [0.3, 0.4) is 0 Å². The van der Waals surface area contributed by atoms with E-state index in [9.17, 15) is 9.59 Å². The van der Waals surface area contributed by atoms with Gasteiger partial charge in [-0.05, 0) is 63.6 Å². The molecule has 1 unspecified atom stereocenters. The summed E-state index contributed by atoms with van der Waals surface area (Å²) in [6.07, 6.45) is 0.205. The maximum atomic E-state index is 12.6. The van der Waals surface area contributed by atoms with Crippen LogP contribution in [-0.2, 0) is 11.3 Å². The fraction of sp³-hybridized carbons (Fsp3) is 0.333. The number of amides is 2. The van der Waals surface area contributed by atoms with Crippen LogP contribution in [0.15, 0.2) is 59.0 Å². The fourth-order valence-electron chi connectivity index (χ4n) is 3.49. The highest BCUT2D eigenvalue weighted by molar-refractivity contribution is 6.34. The lowest BCUT2D eigenvalue weighted by Crippen LogP contribution is -2.34. The molecular formula is C27H32ClN3O3. The van der Waals surface area contributed by atoms with Gasteiger partial charge in [-0.3, -0.25) is 9.59 Å². The van der Waals surface area contributed by atoms with Gasteiger partial charge in [-0.1, -0.05) is 41.4 Å². The fourth-order valence-corrected chi connectivity index (χ4v) is 3.69. The average molecular weight is 482 g/mol. The molecule has 0 saturated heterocycles. The van der Waals surface area contributed by atoms with E-state index in [1.165, 1.54) is 11.1 Å². The van der Waals surface area contributed by atoms with Crippen LogP contribution >= 0.6 is 11.6 Å². The zero-order valence-corrected chi connectivity index (χ0v) is 20.8. The van der Waals surface area contributed by atoms with E-state index in [1.807, 2.05) is 32.0 Å². The maximum absolute atomic E-state index is 12.6. The van der Waals surface area contributed by atoms with Gasteiger partial charge in [-0.15, -0.1) is 0 Å². The first-order chi connectivity index (χ1) is 16.2. The van der Waals surface area contributed by atoms with Crippen molar-refractivity contribution in [3.05, 3.63) is 82.1 Å². The molecule has 0 saturated carbocycles. The van der Waals surface area contributed by atoms with E-state index in [-0.39, 0.29) is 36.9 Å². The lowest BCUT2D eigenvalue weighted by Gasteiger charge is -2.13. The first kappa shape index (κ1) is 25.5. The van der Waals surface area contributed by atoms with E-state index in [0.29, 0.717) is 22.9 Å². The van der Waals surface area contributed by atoms with Crippen molar-refractivity contribution in [1.82, 2.24) is 16.0 Å².